The van der Waals surface area contributed by atoms with Gasteiger partial charge in [0.05, 0.1) is 17.9 Å². The van der Waals surface area contributed by atoms with Crippen molar-refractivity contribution in [3.8, 4) is 0 Å². The molecule has 2 aliphatic rings. The van der Waals surface area contributed by atoms with Crippen molar-refractivity contribution in [2.75, 3.05) is 6.54 Å². The fourth-order valence-corrected chi connectivity index (χ4v) is 3.17. The summed E-state index contributed by atoms with van der Waals surface area (Å²) in [7, 11) is 0. The fraction of sp³-hybridized carbons (Fsp3) is 0.722. The van der Waals surface area contributed by atoms with Crippen molar-refractivity contribution >= 4 is 11.8 Å². The lowest BCUT2D eigenvalue weighted by molar-refractivity contribution is -0.127. The van der Waals surface area contributed by atoms with Gasteiger partial charge in [-0.15, -0.1) is 0 Å². The molecule has 3 rings (SSSR count). The molecule has 6 nitrogen and oxygen atoms in total. The van der Waals surface area contributed by atoms with E-state index >= 15 is 0 Å². The largest absolute Gasteiger partial charge is 0.353 e. The van der Waals surface area contributed by atoms with Gasteiger partial charge in [-0.1, -0.05) is 20.8 Å². The van der Waals surface area contributed by atoms with E-state index in [0.717, 1.165) is 31.4 Å². The lowest BCUT2D eigenvalue weighted by Gasteiger charge is -2.30. The van der Waals surface area contributed by atoms with Crippen LogP contribution in [0.4, 0.5) is 0 Å². The lowest BCUT2D eigenvalue weighted by Crippen LogP contribution is -2.44. The number of rotatable bonds is 4. The molecule has 0 aromatic carbocycles. The number of amides is 2. The number of nitrogens with zero attached hydrogens (tertiary/aromatic N) is 2. The number of fused-ring (bicyclic) bond motifs is 1. The minimum absolute atomic E-state index is 0.0159. The summed E-state index contributed by atoms with van der Waals surface area (Å²) in [5.41, 5.74) is 1.51. The van der Waals surface area contributed by atoms with Crippen LogP contribution < -0.4 is 10.6 Å². The molecule has 0 bridgehead atoms. The molecular formula is C18H28N4O2. The quantitative estimate of drug-likeness (QED) is 0.884. The maximum absolute atomic E-state index is 12.4. The summed E-state index contributed by atoms with van der Waals surface area (Å²) in [6.45, 7) is 7.49. The minimum Gasteiger partial charge on any atom is -0.353 e. The van der Waals surface area contributed by atoms with E-state index in [1.54, 1.807) is 6.33 Å². The molecule has 1 aliphatic heterocycles. The van der Waals surface area contributed by atoms with Crippen molar-refractivity contribution in [1.29, 1.82) is 0 Å². The van der Waals surface area contributed by atoms with E-state index in [0.29, 0.717) is 24.8 Å². The monoisotopic (exact) mass is 332 g/mol. The first-order valence-corrected chi connectivity index (χ1v) is 8.96. The zero-order chi connectivity index (χ0) is 17.3. The third-order valence-electron chi connectivity index (χ3n) is 4.91. The van der Waals surface area contributed by atoms with Gasteiger partial charge in [-0.25, -0.2) is 4.98 Å². The van der Waals surface area contributed by atoms with Gasteiger partial charge in [-0.3, -0.25) is 9.59 Å². The van der Waals surface area contributed by atoms with E-state index in [1.165, 1.54) is 6.42 Å². The number of nitrogens with one attached hydrogen (secondary N) is 2. The van der Waals surface area contributed by atoms with E-state index in [4.69, 9.17) is 0 Å². The highest BCUT2D eigenvalue weighted by molar-refractivity contribution is 5.93. The van der Waals surface area contributed by atoms with E-state index < -0.39 is 0 Å². The Hall–Kier alpha value is -1.85. The molecule has 1 aromatic heterocycles. The Balaban J connectivity index is 1.61. The number of aromatic nitrogens is 2. The summed E-state index contributed by atoms with van der Waals surface area (Å²) in [5.74, 6) is 0.0200. The molecule has 1 fully saturated rings. The topological polar surface area (TPSA) is 76.0 Å². The van der Waals surface area contributed by atoms with Gasteiger partial charge < -0.3 is 15.2 Å². The van der Waals surface area contributed by atoms with Gasteiger partial charge in [-0.05, 0) is 37.5 Å². The highest BCUT2D eigenvalue weighted by Gasteiger charge is 2.30. The average molecular weight is 332 g/mol. The highest BCUT2D eigenvalue weighted by Crippen LogP contribution is 2.24. The SMILES string of the molecule is CC(C)(C)CNC(=O)c1ncn2c1CCC(C(=O)NC1CCC1)C2. The van der Waals surface area contributed by atoms with Crippen molar-refractivity contribution in [1.82, 2.24) is 20.2 Å². The van der Waals surface area contributed by atoms with Crippen LogP contribution in [0.25, 0.3) is 0 Å². The molecule has 132 valence electrons. The van der Waals surface area contributed by atoms with Crippen LogP contribution >= 0.6 is 0 Å². The molecule has 2 N–H and O–H groups in total. The molecule has 24 heavy (non-hydrogen) atoms. The molecule has 2 heterocycles. The second-order valence-electron chi connectivity index (χ2n) is 8.31. The van der Waals surface area contributed by atoms with Gasteiger partial charge in [0, 0.05) is 19.1 Å². The lowest BCUT2D eigenvalue weighted by atomic mass is 9.91. The Morgan fingerprint density at radius 2 is 2.04 bits per heavy atom. The molecule has 6 heteroatoms. The van der Waals surface area contributed by atoms with Crippen LogP contribution in [0.1, 0.15) is 62.6 Å². The highest BCUT2D eigenvalue weighted by atomic mass is 16.2. The summed E-state index contributed by atoms with van der Waals surface area (Å²) < 4.78 is 1.97. The van der Waals surface area contributed by atoms with Crippen molar-refractivity contribution in [3.05, 3.63) is 17.7 Å². The van der Waals surface area contributed by atoms with Crippen LogP contribution in [-0.4, -0.2) is 34.0 Å². The Kier molecular flexibility index (Phi) is 4.65. The summed E-state index contributed by atoms with van der Waals surface area (Å²) >= 11 is 0. The van der Waals surface area contributed by atoms with Crippen molar-refractivity contribution in [3.63, 3.8) is 0 Å². The summed E-state index contributed by atoms with van der Waals surface area (Å²) in [4.78, 5) is 29.0. The Morgan fingerprint density at radius 3 is 2.67 bits per heavy atom. The number of imidazole rings is 1. The van der Waals surface area contributed by atoms with Crippen LogP contribution in [0.15, 0.2) is 6.33 Å². The van der Waals surface area contributed by atoms with Crippen molar-refractivity contribution < 1.29 is 9.59 Å². The molecule has 1 aliphatic carbocycles. The molecule has 1 aromatic rings. The van der Waals surface area contributed by atoms with Gasteiger partial charge >= 0.3 is 0 Å². The van der Waals surface area contributed by atoms with E-state index in [-0.39, 0.29) is 23.1 Å². The van der Waals surface area contributed by atoms with Crippen LogP contribution in [0, 0.1) is 11.3 Å². The second-order valence-corrected chi connectivity index (χ2v) is 8.31. The Labute approximate surface area is 143 Å². The standard InChI is InChI=1S/C18H28N4O2/c1-18(2,3)10-19-17(24)15-14-8-7-12(9-22(14)11-20-15)16(23)21-13-5-4-6-13/h11-13H,4-10H2,1-3H3,(H,19,24)(H,21,23). The van der Waals surface area contributed by atoms with E-state index in [1.807, 2.05) is 4.57 Å². The molecule has 1 unspecified atom stereocenters. The van der Waals surface area contributed by atoms with E-state index in [9.17, 15) is 9.59 Å². The molecule has 2 amide bonds. The smallest absolute Gasteiger partial charge is 0.271 e. The van der Waals surface area contributed by atoms with Crippen molar-refractivity contribution in [2.24, 2.45) is 11.3 Å². The van der Waals surface area contributed by atoms with Gasteiger partial charge in [-0.2, -0.15) is 0 Å². The molecule has 0 saturated heterocycles. The molecule has 1 saturated carbocycles. The van der Waals surface area contributed by atoms with Gasteiger partial charge in [0.15, 0.2) is 0 Å². The first kappa shape index (κ1) is 17.0. The molecule has 0 spiro atoms. The first-order valence-electron chi connectivity index (χ1n) is 8.96. The second kappa shape index (κ2) is 6.57. The van der Waals surface area contributed by atoms with Gasteiger partial charge in [0.2, 0.25) is 5.91 Å². The molecular weight excluding hydrogens is 304 g/mol. The summed E-state index contributed by atoms with van der Waals surface area (Å²) in [6, 6.07) is 0.375. The number of hydrogen-bond donors (Lipinski definition) is 2. The molecule has 0 radical (unpaired) electrons. The van der Waals surface area contributed by atoms with Gasteiger partial charge in [0.25, 0.3) is 5.91 Å². The number of hydrogen-bond acceptors (Lipinski definition) is 3. The summed E-state index contributed by atoms with van der Waals surface area (Å²) in [6.07, 6.45) is 6.63. The molecule has 1 atom stereocenters. The fourth-order valence-electron chi connectivity index (χ4n) is 3.17. The zero-order valence-corrected chi connectivity index (χ0v) is 14.9. The van der Waals surface area contributed by atoms with Crippen LogP contribution in [0.3, 0.4) is 0 Å². The predicted octanol–water partition coefficient (Wildman–Crippen LogP) is 1.89. The first-order chi connectivity index (χ1) is 11.3. The van der Waals surface area contributed by atoms with Crippen LogP contribution in [-0.2, 0) is 17.8 Å². The predicted molar refractivity (Wildman–Crippen MR) is 91.6 cm³/mol. The number of carbonyl (C=O) groups is 2. The Morgan fingerprint density at radius 1 is 1.29 bits per heavy atom. The third kappa shape index (κ3) is 3.79. The van der Waals surface area contributed by atoms with Gasteiger partial charge in [0.1, 0.15) is 5.69 Å². The Bertz CT molecular complexity index is 625. The average Bonchev–Trinajstić information content (AvgIpc) is 2.90. The van der Waals surface area contributed by atoms with Crippen LogP contribution in [0.5, 0.6) is 0 Å². The van der Waals surface area contributed by atoms with Crippen molar-refractivity contribution in [2.45, 2.75) is 65.5 Å². The van der Waals surface area contributed by atoms with E-state index in [2.05, 4.69) is 36.4 Å². The number of carbonyl (C=O) groups excluding carboxylic acids is 2. The maximum Gasteiger partial charge on any atom is 0.271 e. The normalized spacial score (nSPS) is 20.9. The third-order valence-corrected chi connectivity index (χ3v) is 4.91. The van der Waals surface area contributed by atoms with Crippen LogP contribution in [0.2, 0.25) is 0 Å². The zero-order valence-electron chi connectivity index (χ0n) is 14.9. The minimum atomic E-state index is -0.115. The maximum atomic E-state index is 12.4. The summed E-state index contributed by atoms with van der Waals surface area (Å²) in [5, 5.41) is 6.09.